The summed E-state index contributed by atoms with van der Waals surface area (Å²) in [7, 11) is 0. The lowest BCUT2D eigenvalue weighted by molar-refractivity contribution is 1.26. The van der Waals surface area contributed by atoms with Crippen LogP contribution in [-0.2, 0) is 0 Å². The summed E-state index contributed by atoms with van der Waals surface area (Å²) in [4.78, 5) is 0. The van der Waals surface area contributed by atoms with E-state index in [0.29, 0.717) is 0 Å². The number of aryl methyl sites for hydroxylation is 1. The summed E-state index contributed by atoms with van der Waals surface area (Å²) in [5.41, 5.74) is 2.66. The van der Waals surface area contributed by atoms with E-state index in [-0.39, 0.29) is 0 Å². The first kappa shape index (κ1) is 11.3. The average Bonchev–Trinajstić information content (AvgIpc) is 2.32. The van der Waals surface area contributed by atoms with Gasteiger partial charge in [0.05, 0.1) is 0 Å². The van der Waals surface area contributed by atoms with Crippen LogP contribution in [0.4, 0.5) is 0 Å². The smallest absolute Gasteiger partial charge is 0.00632 e. The Hall–Kier alpha value is -1.21. The van der Waals surface area contributed by atoms with Crippen LogP contribution in [-0.4, -0.2) is 5.75 Å². The van der Waals surface area contributed by atoms with Crippen LogP contribution in [0.25, 0.3) is 16.8 Å². The Balaban J connectivity index is 2.52. The number of fused-ring (bicyclic) bond motifs is 1. The highest BCUT2D eigenvalue weighted by Gasteiger charge is 2.00. The monoisotopic (exact) mass is 228 g/mol. The van der Waals surface area contributed by atoms with Crippen molar-refractivity contribution in [3.8, 4) is 0 Å². The van der Waals surface area contributed by atoms with Crippen LogP contribution in [0.1, 0.15) is 17.5 Å². The van der Waals surface area contributed by atoms with E-state index in [4.69, 9.17) is 0 Å². The molecule has 0 spiro atoms. The van der Waals surface area contributed by atoms with Gasteiger partial charge < -0.3 is 0 Å². The van der Waals surface area contributed by atoms with Gasteiger partial charge in [-0.05, 0) is 41.0 Å². The lowest BCUT2D eigenvalue weighted by Gasteiger charge is -2.06. The quantitative estimate of drug-likeness (QED) is 0.736. The molecule has 0 amide bonds. The van der Waals surface area contributed by atoms with Gasteiger partial charge >= 0.3 is 0 Å². The molecule has 0 nitrogen and oxygen atoms in total. The lowest BCUT2D eigenvalue weighted by Crippen LogP contribution is -1.83. The van der Waals surface area contributed by atoms with Gasteiger partial charge in [-0.25, -0.2) is 0 Å². The van der Waals surface area contributed by atoms with Crippen molar-refractivity contribution in [3.63, 3.8) is 0 Å². The van der Waals surface area contributed by atoms with E-state index in [1.165, 1.54) is 21.9 Å². The summed E-state index contributed by atoms with van der Waals surface area (Å²) in [5, 5.41) is 2.64. The number of thiol groups is 1. The number of rotatable bonds is 3. The minimum atomic E-state index is 0.903. The standard InChI is InChI=1S/C15H16S/c1-12-9-10-13-6-2-3-8-15(13)14(12)7-4-5-11-16/h2-4,6-10,16H,5,11H2,1H3. The molecule has 0 aliphatic carbocycles. The Morgan fingerprint density at radius 1 is 1.12 bits per heavy atom. The van der Waals surface area contributed by atoms with Gasteiger partial charge in [0.15, 0.2) is 0 Å². The Morgan fingerprint density at radius 2 is 1.94 bits per heavy atom. The maximum atomic E-state index is 4.22. The third-order valence-electron chi connectivity index (χ3n) is 2.77. The highest BCUT2D eigenvalue weighted by molar-refractivity contribution is 7.80. The predicted octanol–water partition coefficient (Wildman–Crippen LogP) is 4.48. The maximum Gasteiger partial charge on any atom is -0.00632 e. The van der Waals surface area contributed by atoms with E-state index < -0.39 is 0 Å². The van der Waals surface area contributed by atoms with Gasteiger partial charge in [0, 0.05) is 0 Å². The molecule has 16 heavy (non-hydrogen) atoms. The second-order valence-corrected chi connectivity index (χ2v) is 4.38. The van der Waals surface area contributed by atoms with E-state index in [9.17, 15) is 0 Å². The summed E-state index contributed by atoms with van der Waals surface area (Å²) in [5.74, 6) is 0.903. The SMILES string of the molecule is Cc1ccc2ccccc2c1C=CCCS. The molecule has 0 fully saturated rings. The zero-order chi connectivity index (χ0) is 11.4. The molecule has 0 saturated carbocycles. The molecular formula is C15H16S. The zero-order valence-electron chi connectivity index (χ0n) is 9.48. The van der Waals surface area contributed by atoms with Gasteiger partial charge in [-0.3, -0.25) is 0 Å². The molecule has 0 bridgehead atoms. The van der Waals surface area contributed by atoms with Crippen molar-refractivity contribution in [1.82, 2.24) is 0 Å². The van der Waals surface area contributed by atoms with Gasteiger partial charge in [0.25, 0.3) is 0 Å². The zero-order valence-corrected chi connectivity index (χ0v) is 10.4. The van der Waals surface area contributed by atoms with Crippen molar-refractivity contribution in [1.29, 1.82) is 0 Å². The fourth-order valence-corrected chi connectivity index (χ4v) is 2.05. The van der Waals surface area contributed by atoms with Crippen molar-refractivity contribution < 1.29 is 0 Å². The number of hydrogen-bond donors (Lipinski definition) is 1. The summed E-state index contributed by atoms with van der Waals surface area (Å²) < 4.78 is 0. The first-order valence-electron chi connectivity index (χ1n) is 5.58. The summed E-state index contributed by atoms with van der Waals surface area (Å²) in [6.07, 6.45) is 5.43. The normalized spacial score (nSPS) is 11.4. The summed E-state index contributed by atoms with van der Waals surface area (Å²) >= 11 is 4.22. The van der Waals surface area contributed by atoms with Crippen LogP contribution in [0.3, 0.4) is 0 Å². The van der Waals surface area contributed by atoms with Gasteiger partial charge in [0.1, 0.15) is 0 Å². The fraction of sp³-hybridized carbons (Fsp3) is 0.200. The third kappa shape index (κ3) is 2.30. The van der Waals surface area contributed by atoms with Crippen molar-refractivity contribution >= 4 is 29.5 Å². The van der Waals surface area contributed by atoms with Crippen LogP contribution in [0.2, 0.25) is 0 Å². The van der Waals surface area contributed by atoms with Crippen LogP contribution >= 0.6 is 12.6 Å². The van der Waals surface area contributed by atoms with E-state index in [1.807, 2.05) is 0 Å². The molecule has 0 N–H and O–H groups in total. The van der Waals surface area contributed by atoms with Crippen LogP contribution in [0.5, 0.6) is 0 Å². The summed E-state index contributed by atoms with van der Waals surface area (Å²) in [6, 6.07) is 12.9. The van der Waals surface area contributed by atoms with Crippen LogP contribution in [0.15, 0.2) is 42.5 Å². The molecule has 0 atom stereocenters. The molecule has 2 aromatic carbocycles. The van der Waals surface area contributed by atoms with Crippen molar-refractivity contribution in [2.24, 2.45) is 0 Å². The molecule has 0 aromatic heterocycles. The molecule has 0 saturated heterocycles. The second-order valence-electron chi connectivity index (χ2n) is 3.93. The van der Waals surface area contributed by atoms with Crippen molar-refractivity contribution in [2.75, 3.05) is 5.75 Å². The number of allylic oxidation sites excluding steroid dienone is 1. The Labute approximate surface area is 102 Å². The number of hydrogen-bond acceptors (Lipinski definition) is 1. The highest BCUT2D eigenvalue weighted by atomic mass is 32.1. The molecule has 1 heteroatoms. The fourth-order valence-electron chi connectivity index (χ4n) is 1.90. The molecule has 0 radical (unpaired) electrons. The second kappa shape index (κ2) is 5.22. The van der Waals surface area contributed by atoms with Gasteiger partial charge in [-0.2, -0.15) is 12.6 Å². The van der Waals surface area contributed by atoms with Crippen LogP contribution < -0.4 is 0 Å². The molecule has 2 aromatic rings. The molecular weight excluding hydrogens is 212 g/mol. The van der Waals surface area contributed by atoms with E-state index in [2.05, 4.69) is 68.1 Å². The average molecular weight is 228 g/mol. The molecule has 0 unspecified atom stereocenters. The molecule has 82 valence electrons. The summed E-state index contributed by atoms with van der Waals surface area (Å²) in [6.45, 7) is 2.16. The topological polar surface area (TPSA) is 0 Å². The third-order valence-corrected chi connectivity index (χ3v) is 3.03. The highest BCUT2D eigenvalue weighted by Crippen LogP contribution is 2.23. The maximum absolute atomic E-state index is 4.22. The molecule has 0 aliphatic rings. The van der Waals surface area contributed by atoms with Crippen LogP contribution in [0, 0.1) is 6.92 Å². The number of benzene rings is 2. The molecule has 0 aliphatic heterocycles. The predicted molar refractivity (Wildman–Crippen MR) is 76.2 cm³/mol. The molecule has 0 heterocycles. The van der Waals surface area contributed by atoms with E-state index in [0.717, 1.165) is 12.2 Å². The Bertz CT molecular complexity index is 512. The van der Waals surface area contributed by atoms with Gasteiger partial charge in [-0.1, -0.05) is 48.6 Å². The minimum Gasteiger partial charge on any atom is -0.179 e. The Morgan fingerprint density at radius 3 is 2.75 bits per heavy atom. The van der Waals surface area contributed by atoms with Crippen molar-refractivity contribution in [2.45, 2.75) is 13.3 Å². The van der Waals surface area contributed by atoms with Crippen molar-refractivity contribution in [3.05, 3.63) is 53.6 Å². The molecule has 2 rings (SSSR count). The van der Waals surface area contributed by atoms with E-state index >= 15 is 0 Å². The van der Waals surface area contributed by atoms with E-state index in [1.54, 1.807) is 0 Å². The Kier molecular flexibility index (Phi) is 3.68. The van der Waals surface area contributed by atoms with Gasteiger partial charge in [-0.15, -0.1) is 0 Å². The van der Waals surface area contributed by atoms with Gasteiger partial charge in [0.2, 0.25) is 0 Å². The largest absolute Gasteiger partial charge is 0.179 e. The first-order chi connectivity index (χ1) is 7.83. The lowest BCUT2D eigenvalue weighted by atomic mass is 9.99. The minimum absolute atomic E-state index is 0.903. The first-order valence-corrected chi connectivity index (χ1v) is 6.22.